The van der Waals surface area contributed by atoms with Crippen molar-refractivity contribution < 1.29 is 18.0 Å². The van der Waals surface area contributed by atoms with E-state index in [9.17, 15) is 18.0 Å². The molecular weight excluding hydrogens is 427 g/mol. The Kier molecular flexibility index (Phi) is 5.12. The van der Waals surface area contributed by atoms with Crippen molar-refractivity contribution in [3.8, 4) is 22.4 Å². The summed E-state index contributed by atoms with van der Waals surface area (Å²) in [4.78, 5) is 12.5. The van der Waals surface area contributed by atoms with E-state index in [1.807, 2.05) is 31.2 Å². The van der Waals surface area contributed by atoms with Gasteiger partial charge in [0.25, 0.3) is 5.91 Å². The first kappa shape index (κ1) is 21.1. The van der Waals surface area contributed by atoms with E-state index in [1.165, 1.54) is 18.3 Å². The van der Waals surface area contributed by atoms with Gasteiger partial charge in [-0.05, 0) is 60.7 Å². The number of benzene rings is 3. The molecular formula is C26H20F3N3O. The molecule has 0 bridgehead atoms. The largest absolute Gasteiger partial charge is 0.417 e. The third-order valence-electron chi connectivity index (χ3n) is 5.87. The third kappa shape index (κ3) is 4.18. The first-order valence-electron chi connectivity index (χ1n) is 10.7. The van der Waals surface area contributed by atoms with Gasteiger partial charge in [-0.1, -0.05) is 36.4 Å². The van der Waals surface area contributed by atoms with Gasteiger partial charge < -0.3 is 5.32 Å². The van der Waals surface area contributed by atoms with Crippen molar-refractivity contribution in [1.82, 2.24) is 15.5 Å². The minimum Gasteiger partial charge on any atom is -0.349 e. The molecule has 4 aromatic rings. The smallest absolute Gasteiger partial charge is 0.349 e. The fourth-order valence-electron chi connectivity index (χ4n) is 3.96. The summed E-state index contributed by atoms with van der Waals surface area (Å²) in [5.74, 6) is -0.101. The van der Waals surface area contributed by atoms with E-state index >= 15 is 0 Å². The molecule has 1 heterocycles. The molecule has 1 aliphatic rings. The number of fused-ring (bicyclic) bond motifs is 1. The summed E-state index contributed by atoms with van der Waals surface area (Å²) in [5.41, 5.74) is 2.73. The summed E-state index contributed by atoms with van der Waals surface area (Å²) < 4.78 is 40.7. The average Bonchev–Trinajstić information content (AvgIpc) is 3.62. The first-order chi connectivity index (χ1) is 15.8. The highest BCUT2D eigenvalue weighted by Crippen LogP contribution is 2.39. The summed E-state index contributed by atoms with van der Waals surface area (Å²) in [7, 11) is 0. The van der Waals surface area contributed by atoms with Gasteiger partial charge >= 0.3 is 6.18 Å². The molecule has 166 valence electrons. The molecule has 1 fully saturated rings. The van der Waals surface area contributed by atoms with E-state index in [0.717, 1.165) is 35.6 Å². The van der Waals surface area contributed by atoms with Crippen molar-refractivity contribution >= 4 is 16.7 Å². The Labute approximate surface area is 188 Å². The van der Waals surface area contributed by atoms with Crippen molar-refractivity contribution in [3.05, 3.63) is 83.6 Å². The maximum atomic E-state index is 13.6. The van der Waals surface area contributed by atoms with E-state index in [0.29, 0.717) is 16.3 Å². The van der Waals surface area contributed by atoms with Crippen LogP contribution in [0.2, 0.25) is 0 Å². The van der Waals surface area contributed by atoms with Gasteiger partial charge in [0.15, 0.2) is 0 Å². The number of rotatable bonds is 4. The number of carbonyl (C=O) groups is 1. The Bertz CT molecular complexity index is 1380. The van der Waals surface area contributed by atoms with Crippen molar-refractivity contribution in [2.45, 2.75) is 32.0 Å². The van der Waals surface area contributed by atoms with Crippen LogP contribution in [0.5, 0.6) is 0 Å². The van der Waals surface area contributed by atoms with Crippen LogP contribution in [0.15, 0.2) is 66.9 Å². The number of aryl methyl sites for hydroxylation is 1. The lowest BCUT2D eigenvalue weighted by Crippen LogP contribution is -2.25. The van der Waals surface area contributed by atoms with Crippen LogP contribution < -0.4 is 5.32 Å². The fourth-order valence-corrected chi connectivity index (χ4v) is 3.96. The maximum Gasteiger partial charge on any atom is 0.417 e. The predicted molar refractivity (Wildman–Crippen MR) is 121 cm³/mol. The van der Waals surface area contributed by atoms with Crippen LogP contribution in [0.25, 0.3) is 33.2 Å². The lowest BCUT2D eigenvalue weighted by Gasteiger charge is -2.14. The van der Waals surface area contributed by atoms with Crippen LogP contribution in [0.1, 0.15) is 34.3 Å². The van der Waals surface area contributed by atoms with Gasteiger partial charge in [0.2, 0.25) is 0 Å². The molecule has 0 saturated heterocycles. The second kappa shape index (κ2) is 7.99. The average molecular weight is 447 g/mol. The number of hydrogen-bond donors (Lipinski definition) is 1. The van der Waals surface area contributed by atoms with Crippen molar-refractivity contribution in [2.75, 3.05) is 0 Å². The Morgan fingerprint density at radius 2 is 1.79 bits per heavy atom. The third-order valence-corrected chi connectivity index (χ3v) is 5.87. The summed E-state index contributed by atoms with van der Waals surface area (Å²) in [6, 6.07) is 16.7. The van der Waals surface area contributed by atoms with Crippen LogP contribution in [0.4, 0.5) is 13.2 Å². The van der Waals surface area contributed by atoms with Crippen LogP contribution >= 0.6 is 0 Å². The van der Waals surface area contributed by atoms with E-state index in [1.54, 1.807) is 18.2 Å². The predicted octanol–water partition coefficient (Wildman–Crippen LogP) is 6.18. The molecule has 33 heavy (non-hydrogen) atoms. The van der Waals surface area contributed by atoms with Gasteiger partial charge in [-0.2, -0.15) is 18.3 Å². The summed E-state index contributed by atoms with van der Waals surface area (Å²) in [6.07, 6.45) is -0.942. The molecule has 3 aromatic carbocycles. The van der Waals surface area contributed by atoms with E-state index in [2.05, 4.69) is 15.5 Å². The fraction of sp³-hybridized carbons (Fsp3) is 0.192. The highest BCUT2D eigenvalue weighted by molar-refractivity contribution is 5.99. The molecule has 1 saturated carbocycles. The van der Waals surface area contributed by atoms with Crippen LogP contribution in [0, 0.1) is 6.92 Å². The quantitative estimate of drug-likeness (QED) is 0.406. The molecule has 1 N–H and O–H groups in total. The van der Waals surface area contributed by atoms with Gasteiger partial charge in [-0.15, -0.1) is 5.10 Å². The number of hydrogen-bond acceptors (Lipinski definition) is 3. The Balaban J connectivity index is 1.59. The lowest BCUT2D eigenvalue weighted by atomic mass is 9.94. The second-order valence-corrected chi connectivity index (χ2v) is 8.32. The normalized spacial score (nSPS) is 13.8. The number of amides is 1. The molecule has 0 aliphatic heterocycles. The molecule has 7 heteroatoms. The van der Waals surface area contributed by atoms with E-state index < -0.39 is 11.7 Å². The molecule has 0 spiro atoms. The summed E-state index contributed by atoms with van der Waals surface area (Å²) >= 11 is 0. The van der Waals surface area contributed by atoms with E-state index in [-0.39, 0.29) is 23.2 Å². The Morgan fingerprint density at radius 3 is 2.55 bits per heavy atom. The summed E-state index contributed by atoms with van der Waals surface area (Å²) in [6.45, 7) is 1.96. The van der Waals surface area contributed by atoms with E-state index in [4.69, 9.17) is 0 Å². The van der Waals surface area contributed by atoms with Gasteiger partial charge in [0.05, 0.1) is 11.8 Å². The first-order valence-corrected chi connectivity index (χ1v) is 10.7. The van der Waals surface area contributed by atoms with Crippen LogP contribution in [-0.4, -0.2) is 22.1 Å². The van der Waals surface area contributed by atoms with Crippen LogP contribution in [-0.2, 0) is 6.18 Å². The van der Waals surface area contributed by atoms with Crippen molar-refractivity contribution in [2.24, 2.45) is 0 Å². The molecule has 1 aromatic heterocycles. The topological polar surface area (TPSA) is 54.9 Å². The number of nitrogens with one attached hydrogen (secondary N) is 1. The number of alkyl halides is 3. The number of aromatic nitrogens is 2. The molecule has 1 aliphatic carbocycles. The highest BCUT2D eigenvalue weighted by Gasteiger charge is 2.34. The number of nitrogens with zero attached hydrogens (tertiary/aromatic N) is 2. The van der Waals surface area contributed by atoms with Gasteiger partial charge in [-0.3, -0.25) is 4.79 Å². The lowest BCUT2D eigenvalue weighted by molar-refractivity contribution is -0.137. The zero-order chi connectivity index (χ0) is 23.2. The maximum absolute atomic E-state index is 13.6. The van der Waals surface area contributed by atoms with Gasteiger partial charge in [0, 0.05) is 27.9 Å². The highest BCUT2D eigenvalue weighted by atomic mass is 19.4. The van der Waals surface area contributed by atoms with Gasteiger partial charge in [0.1, 0.15) is 5.69 Å². The number of carbonyl (C=O) groups excluding carboxylic acids is 1. The van der Waals surface area contributed by atoms with Crippen molar-refractivity contribution in [3.63, 3.8) is 0 Å². The molecule has 0 radical (unpaired) electrons. The van der Waals surface area contributed by atoms with Crippen LogP contribution in [0.3, 0.4) is 0 Å². The minimum absolute atomic E-state index is 0.00854. The molecule has 0 atom stereocenters. The monoisotopic (exact) mass is 447 g/mol. The van der Waals surface area contributed by atoms with Gasteiger partial charge in [-0.25, -0.2) is 0 Å². The Morgan fingerprint density at radius 1 is 1.00 bits per heavy atom. The molecule has 1 amide bonds. The minimum atomic E-state index is -4.50. The molecule has 0 unspecified atom stereocenters. The Hall–Kier alpha value is -3.74. The zero-order valence-electron chi connectivity index (χ0n) is 17.8. The SMILES string of the molecule is Cc1ccc(C(=O)NC2CC2)cc1-c1ccc2c(-c3ccccc3C(F)(F)F)nncc2c1. The molecule has 4 nitrogen and oxygen atoms in total. The zero-order valence-corrected chi connectivity index (χ0v) is 17.8. The van der Waals surface area contributed by atoms with Crippen molar-refractivity contribution in [1.29, 1.82) is 0 Å². The molecule has 5 rings (SSSR count). The standard InChI is InChI=1S/C26H20F3N3O/c1-15-6-7-17(25(33)31-19-9-10-19)13-22(15)16-8-11-20-18(12-16)14-30-32-24(20)21-4-2-3-5-23(21)26(27,28)29/h2-8,11-14,19H,9-10H2,1H3,(H,31,33). The number of halogens is 3. The second-order valence-electron chi connectivity index (χ2n) is 8.32. The summed E-state index contributed by atoms with van der Waals surface area (Å²) in [5, 5.41) is 12.2.